The minimum absolute atomic E-state index is 0.555. The Morgan fingerprint density at radius 2 is 2.05 bits per heavy atom. The first-order chi connectivity index (χ1) is 9.90. The van der Waals surface area contributed by atoms with Crippen LogP contribution in [0.15, 0.2) is 42.9 Å². The Morgan fingerprint density at radius 3 is 2.85 bits per heavy atom. The van der Waals surface area contributed by atoms with Crippen LogP contribution in [0.1, 0.15) is 6.92 Å². The lowest BCUT2D eigenvalue weighted by molar-refractivity contribution is 0.895. The van der Waals surface area contributed by atoms with Crippen molar-refractivity contribution in [3.8, 4) is 17.5 Å². The van der Waals surface area contributed by atoms with Crippen LogP contribution in [-0.2, 0) is 0 Å². The molecule has 0 saturated carbocycles. The fourth-order valence-corrected chi connectivity index (χ4v) is 1.96. The summed E-state index contributed by atoms with van der Waals surface area (Å²) in [5.74, 6) is 6.54. The number of benzene rings is 1. The van der Waals surface area contributed by atoms with E-state index in [-0.39, 0.29) is 0 Å². The first-order valence-corrected chi connectivity index (χ1v) is 6.28. The maximum Gasteiger partial charge on any atom is 0.168 e. The minimum Gasteiger partial charge on any atom is -0.358 e. The van der Waals surface area contributed by atoms with Gasteiger partial charge in [0.15, 0.2) is 5.65 Å². The van der Waals surface area contributed by atoms with Crippen LogP contribution in [-0.4, -0.2) is 26.3 Å². The summed E-state index contributed by atoms with van der Waals surface area (Å²) in [5.41, 5.74) is 1.75. The van der Waals surface area contributed by atoms with E-state index in [2.05, 4.69) is 32.2 Å². The average Bonchev–Trinajstić information content (AvgIpc) is 2.93. The monoisotopic (exact) mass is 263 g/mol. The number of nitrogens with one attached hydrogen (secondary N) is 1. The molecule has 0 atom stereocenters. The van der Waals surface area contributed by atoms with E-state index in [1.54, 1.807) is 10.9 Å². The number of nitrogens with zero attached hydrogens (tertiary/aromatic N) is 4. The van der Waals surface area contributed by atoms with Crippen LogP contribution in [0.25, 0.3) is 16.7 Å². The summed E-state index contributed by atoms with van der Waals surface area (Å²) in [4.78, 5) is 8.56. The van der Waals surface area contributed by atoms with Gasteiger partial charge < -0.3 is 5.32 Å². The van der Waals surface area contributed by atoms with Crippen molar-refractivity contribution in [2.75, 3.05) is 11.9 Å². The topological polar surface area (TPSA) is 55.6 Å². The van der Waals surface area contributed by atoms with Gasteiger partial charge >= 0.3 is 0 Å². The van der Waals surface area contributed by atoms with E-state index < -0.39 is 0 Å². The standard InChI is InChI=1S/C15H13N5/c1-2-3-9-16-14-13-10-19-20(15(13)18-11-17-14)12-7-5-4-6-8-12/h4-8,10-11H,9H2,1H3,(H,16,17,18). The zero-order valence-corrected chi connectivity index (χ0v) is 11.0. The third kappa shape index (κ3) is 2.19. The normalized spacial score (nSPS) is 10.1. The number of anilines is 1. The molecule has 0 aliphatic rings. The third-order valence-corrected chi connectivity index (χ3v) is 2.89. The van der Waals surface area contributed by atoms with Gasteiger partial charge in [0.2, 0.25) is 0 Å². The maximum atomic E-state index is 4.39. The summed E-state index contributed by atoms with van der Waals surface area (Å²) in [6.07, 6.45) is 3.30. The van der Waals surface area contributed by atoms with Crippen molar-refractivity contribution >= 4 is 16.9 Å². The predicted octanol–water partition coefficient (Wildman–Crippen LogP) is 2.25. The highest BCUT2D eigenvalue weighted by Gasteiger charge is 2.10. The molecule has 2 aromatic heterocycles. The van der Waals surface area contributed by atoms with Crippen molar-refractivity contribution in [1.29, 1.82) is 0 Å². The Morgan fingerprint density at radius 1 is 1.20 bits per heavy atom. The van der Waals surface area contributed by atoms with Gasteiger partial charge in [-0.2, -0.15) is 5.10 Å². The van der Waals surface area contributed by atoms with Gasteiger partial charge in [-0.15, -0.1) is 5.92 Å². The number of hydrogen-bond donors (Lipinski definition) is 1. The zero-order valence-electron chi connectivity index (χ0n) is 11.0. The molecule has 0 spiro atoms. The molecule has 0 saturated heterocycles. The lowest BCUT2D eigenvalue weighted by atomic mass is 10.3. The Hall–Kier alpha value is -2.87. The van der Waals surface area contributed by atoms with E-state index in [1.807, 2.05) is 37.3 Å². The molecule has 98 valence electrons. The van der Waals surface area contributed by atoms with Crippen molar-refractivity contribution in [3.63, 3.8) is 0 Å². The zero-order chi connectivity index (χ0) is 13.8. The molecule has 0 amide bonds. The van der Waals surface area contributed by atoms with E-state index in [0.29, 0.717) is 6.54 Å². The van der Waals surface area contributed by atoms with Crippen LogP contribution >= 0.6 is 0 Å². The van der Waals surface area contributed by atoms with Gasteiger partial charge in [0.05, 0.1) is 23.8 Å². The molecule has 5 nitrogen and oxygen atoms in total. The molecule has 1 N–H and O–H groups in total. The second kappa shape index (κ2) is 5.41. The van der Waals surface area contributed by atoms with Gasteiger partial charge in [-0.1, -0.05) is 24.1 Å². The fourth-order valence-electron chi connectivity index (χ4n) is 1.96. The molecule has 20 heavy (non-hydrogen) atoms. The SMILES string of the molecule is CC#CCNc1ncnc2c1cnn2-c1ccccc1. The van der Waals surface area contributed by atoms with E-state index in [4.69, 9.17) is 0 Å². The van der Waals surface area contributed by atoms with E-state index in [1.165, 1.54) is 6.33 Å². The molecular formula is C15H13N5. The molecule has 1 aromatic carbocycles. The molecule has 3 aromatic rings. The lowest BCUT2D eigenvalue weighted by Gasteiger charge is -2.04. The smallest absolute Gasteiger partial charge is 0.168 e. The molecule has 0 bridgehead atoms. The summed E-state index contributed by atoms with van der Waals surface area (Å²) < 4.78 is 1.80. The van der Waals surface area contributed by atoms with Gasteiger partial charge in [0, 0.05) is 0 Å². The van der Waals surface area contributed by atoms with Crippen LogP contribution in [0.2, 0.25) is 0 Å². The summed E-state index contributed by atoms with van der Waals surface area (Å²) in [6, 6.07) is 9.90. The quantitative estimate of drug-likeness (QED) is 0.736. The second-order valence-corrected chi connectivity index (χ2v) is 4.13. The number of para-hydroxylation sites is 1. The van der Waals surface area contributed by atoms with Crippen LogP contribution in [0, 0.1) is 11.8 Å². The van der Waals surface area contributed by atoms with Crippen molar-refractivity contribution in [3.05, 3.63) is 42.9 Å². The number of aromatic nitrogens is 4. The minimum atomic E-state index is 0.555. The summed E-state index contributed by atoms with van der Waals surface area (Å²) >= 11 is 0. The predicted molar refractivity (Wildman–Crippen MR) is 78.6 cm³/mol. The Labute approximate surface area is 116 Å². The van der Waals surface area contributed by atoms with Crippen molar-refractivity contribution < 1.29 is 0 Å². The van der Waals surface area contributed by atoms with Gasteiger partial charge in [-0.05, 0) is 19.1 Å². The second-order valence-electron chi connectivity index (χ2n) is 4.13. The highest BCUT2D eigenvalue weighted by molar-refractivity contribution is 5.87. The summed E-state index contributed by atoms with van der Waals surface area (Å²) in [6.45, 7) is 2.36. The summed E-state index contributed by atoms with van der Waals surface area (Å²) in [7, 11) is 0. The molecule has 0 fully saturated rings. The van der Waals surface area contributed by atoms with Gasteiger partial charge in [-0.25, -0.2) is 14.6 Å². The maximum absolute atomic E-state index is 4.39. The number of rotatable bonds is 3. The largest absolute Gasteiger partial charge is 0.358 e. The van der Waals surface area contributed by atoms with E-state index >= 15 is 0 Å². The fraction of sp³-hybridized carbons (Fsp3) is 0.133. The van der Waals surface area contributed by atoms with Crippen LogP contribution in [0.5, 0.6) is 0 Å². The molecule has 2 heterocycles. The van der Waals surface area contributed by atoms with Crippen molar-refractivity contribution in [1.82, 2.24) is 19.7 Å². The average molecular weight is 263 g/mol. The van der Waals surface area contributed by atoms with Crippen LogP contribution in [0.3, 0.4) is 0 Å². The summed E-state index contributed by atoms with van der Waals surface area (Å²) in [5, 5.41) is 8.45. The van der Waals surface area contributed by atoms with Gasteiger partial charge in [-0.3, -0.25) is 0 Å². The Kier molecular flexibility index (Phi) is 3.29. The van der Waals surface area contributed by atoms with Gasteiger partial charge in [0.1, 0.15) is 12.1 Å². The molecule has 3 rings (SSSR count). The number of hydrogen-bond acceptors (Lipinski definition) is 4. The van der Waals surface area contributed by atoms with Crippen molar-refractivity contribution in [2.24, 2.45) is 0 Å². The van der Waals surface area contributed by atoms with Crippen molar-refractivity contribution in [2.45, 2.75) is 6.92 Å². The molecule has 0 aliphatic carbocycles. The molecule has 5 heteroatoms. The van der Waals surface area contributed by atoms with E-state index in [9.17, 15) is 0 Å². The molecule has 0 radical (unpaired) electrons. The van der Waals surface area contributed by atoms with E-state index in [0.717, 1.165) is 22.5 Å². The third-order valence-electron chi connectivity index (χ3n) is 2.89. The highest BCUT2D eigenvalue weighted by atomic mass is 15.3. The Bertz CT molecular complexity index is 780. The van der Waals surface area contributed by atoms with Crippen LogP contribution < -0.4 is 5.32 Å². The van der Waals surface area contributed by atoms with Gasteiger partial charge in [0.25, 0.3) is 0 Å². The Balaban J connectivity index is 2.05. The van der Waals surface area contributed by atoms with Crippen LogP contribution in [0.4, 0.5) is 5.82 Å². The first-order valence-electron chi connectivity index (χ1n) is 6.28. The molecule has 0 unspecified atom stereocenters. The molecular weight excluding hydrogens is 250 g/mol. The lowest BCUT2D eigenvalue weighted by Crippen LogP contribution is -2.03. The number of fused-ring (bicyclic) bond motifs is 1. The molecule has 0 aliphatic heterocycles. The first kappa shape index (κ1) is 12.2. The highest BCUT2D eigenvalue weighted by Crippen LogP contribution is 2.21.